The summed E-state index contributed by atoms with van der Waals surface area (Å²) in [5.41, 5.74) is -0.942. The number of rotatable bonds is 7. The van der Waals surface area contributed by atoms with Crippen LogP contribution in [-0.4, -0.2) is 29.1 Å². The summed E-state index contributed by atoms with van der Waals surface area (Å²) in [6, 6.07) is 1.89. The van der Waals surface area contributed by atoms with Crippen LogP contribution >= 0.6 is 0 Å². The summed E-state index contributed by atoms with van der Waals surface area (Å²) in [6.45, 7) is 4.51. The lowest BCUT2D eigenvalue weighted by Crippen LogP contribution is -2.30. The first-order valence-corrected chi connectivity index (χ1v) is 7.16. The van der Waals surface area contributed by atoms with Crippen LogP contribution in [0.25, 0.3) is 0 Å². The standard InChI is InChI=1S/C15H21F3N2O2/c1-10(2)7-11(5-6-21)8-20-14(22)12-3-4-13(19-9-12)15(16,17)18/h3-4,9-11,21H,5-8H2,1-2H3,(H,20,22). The normalized spacial score (nSPS) is 13.2. The number of carbonyl (C=O) groups is 1. The van der Waals surface area contributed by atoms with Gasteiger partial charge in [-0.05, 0) is 36.8 Å². The van der Waals surface area contributed by atoms with Crippen LogP contribution in [0.2, 0.25) is 0 Å². The minimum atomic E-state index is -4.52. The summed E-state index contributed by atoms with van der Waals surface area (Å²) >= 11 is 0. The molecule has 1 aromatic rings. The van der Waals surface area contributed by atoms with Gasteiger partial charge in [-0.1, -0.05) is 13.8 Å². The molecule has 1 amide bonds. The van der Waals surface area contributed by atoms with Crippen molar-refractivity contribution in [2.75, 3.05) is 13.2 Å². The highest BCUT2D eigenvalue weighted by Crippen LogP contribution is 2.27. The highest BCUT2D eigenvalue weighted by atomic mass is 19.4. The minimum absolute atomic E-state index is 0.0368. The average Bonchev–Trinajstić information content (AvgIpc) is 2.43. The van der Waals surface area contributed by atoms with E-state index in [1.54, 1.807) is 0 Å². The van der Waals surface area contributed by atoms with Gasteiger partial charge in [-0.25, -0.2) is 0 Å². The molecule has 0 aliphatic carbocycles. The van der Waals surface area contributed by atoms with Gasteiger partial charge in [0.05, 0.1) is 5.56 Å². The zero-order valence-corrected chi connectivity index (χ0v) is 12.7. The minimum Gasteiger partial charge on any atom is -0.396 e. The number of hydrogen-bond donors (Lipinski definition) is 2. The number of aromatic nitrogens is 1. The highest BCUT2D eigenvalue weighted by molar-refractivity contribution is 5.93. The van der Waals surface area contributed by atoms with Crippen molar-refractivity contribution in [2.45, 2.75) is 32.9 Å². The van der Waals surface area contributed by atoms with Crippen molar-refractivity contribution in [1.82, 2.24) is 10.3 Å². The van der Waals surface area contributed by atoms with Crippen molar-refractivity contribution in [2.24, 2.45) is 11.8 Å². The van der Waals surface area contributed by atoms with Gasteiger partial charge < -0.3 is 10.4 Å². The number of alkyl halides is 3. The average molecular weight is 318 g/mol. The third-order valence-corrected chi connectivity index (χ3v) is 3.21. The molecule has 124 valence electrons. The van der Waals surface area contributed by atoms with Crippen molar-refractivity contribution in [3.63, 3.8) is 0 Å². The molecule has 0 bridgehead atoms. The fourth-order valence-electron chi connectivity index (χ4n) is 2.19. The fraction of sp³-hybridized carbons (Fsp3) is 0.600. The van der Waals surface area contributed by atoms with E-state index in [1.807, 2.05) is 13.8 Å². The first kappa shape index (κ1) is 18.4. The van der Waals surface area contributed by atoms with Gasteiger partial charge in [0.15, 0.2) is 0 Å². The number of hydrogen-bond acceptors (Lipinski definition) is 3. The van der Waals surface area contributed by atoms with Crippen LogP contribution < -0.4 is 5.32 Å². The maximum atomic E-state index is 12.4. The quantitative estimate of drug-likeness (QED) is 0.812. The number of amides is 1. The first-order chi connectivity index (χ1) is 10.2. The van der Waals surface area contributed by atoms with E-state index in [0.717, 1.165) is 24.8 Å². The van der Waals surface area contributed by atoms with Gasteiger partial charge in [-0.2, -0.15) is 13.2 Å². The molecule has 7 heteroatoms. The Labute approximate surface area is 127 Å². The molecule has 4 nitrogen and oxygen atoms in total. The van der Waals surface area contributed by atoms with Gasteiger partial charge >= 0.3 is 6.18 Å². The van der Waals surface area contributed by atoms with E-state index in [4.69, 9.17) is 5.11 Å². The molecule has 0 saturated carbocycles. The molecule has 1 aromatic heterocycles. The monoisotopic (exact) mass is 318 g/mol. The van der Waals surface area contributed by atoms with Crippen molar-refractivity contribution in [3.8, 4) is 0 Å². The Morgan fingerprint density at radius 2 is 2.05 bits per heavy atom. The number of aliphatic hydroxyl groups excluding tert-OH is 1. The van der Waals surface area contributed by atoms with E-state index >= 15 is 0 Å². The van der Waals surface area contributed by atoms with Gasteiger partial charge in [-0.3, -0.25) is 9.78 Å². The molecule has 0 aliphatic rings. The van der Waals surface area contributed by atoms with Crippen LogP contribution in [0.15, 0.2) is 18.3 Å². The van der Waals surface area contributed by atoms with Crippen LogP contribution in [0.4, 0.5) is 13.2 Å². The summed E-state index contributed by atoms with van der Waals surface area (Å²) in [7, 11) is 0. The molecule has 1 atom stereocenters. The molecule has 0 radical (unpaired) electrons. The lowest BCUT2D eigenvalue weighted by atomic mass is 9.94. The molecule has 2 N–H and O–H groups in total. The Balaban J connectivity index is 2.60. The smallest absolute Gasteiger partial charge is 0.396 e. The van der Waals surface area contributed by atoms with E-state index in [2.05, 4.69) is 10.3 Å². The Kier molecular flexibility index (Phi) is 6.80. The lowest BCUT2D eigenvalue weighted by molar-refractivity contribution is -0.141. The molecular weight excluding hydrogens is 297 g/mol. The highest BCUT2D eigenvalue weighted by Gasteiger charge is 2.32. The molecule has 1 unspecified atom stereocenters. The molecule has 0 aliphatic heterocycles. The second-order valence-electron chi connectivity index (χ2n) is 5.65. The molecule has 0 fully saturated rings. The SMILES string of the molecule is CC(C)CC(CCO)CNC(=O)c1ccc(C(F)(F)F)nc1. The Hall–Kier alpha value is -1.63. The molecular formula is C15H21F3N2O2. The topological polar surface area (TPSA) is 62.2 Å². The van der Waals surface area contributed by atoms with E-state index in [1.165, 1.54) is 0 Å². The first-order valence-electron chi connectivity index (χ1n) is 7.16. The van der Waals surface area contributed by atoms with Crippen LogP contribution in [0, 0.1) is 11.8 Å². The van der Waals surface area contributed by atoms with Crippen LogP contribution in [0.1, 0.15) is 42.7 Å². The predicted octanol–water partition coefficient (Wildman–Crippen LogP) is 2.87. The Bertz CT molecular complexity index is 473. The van der Waals surface area contributed by atoms with Gasteiger partial charge in [0.1, 0.15) is 5.69 Å². The van der Waals surface area contributed by atoms with Crippen LogP contribution in [0.3, 0.4) is 0 Å². The van der Waals surface area contributed by atoms with Crippen molar-refractivity contribution < 1.29 is 23.1 Å². The van der Waals surface area contributed by atoms with Gasteiger partial charge in [-0.15, -0.1) is 0 Å². The van der Waals surface area contributed by atoms with E-state index in [9.17, 15) is 18.0 Å². The van der Waals surface area contributed by atoms with Gasteiger partial charge in [0.2, 0.25) is 0 Å². The number of pyridine rings is 1. The number of nitrogens with zero attached hydrogens (tertiary/aromatic N) is 1. The number of nitrogens with one attached hydrogen (secondary N) is 1. The van der Waals surface area contributed by atoms with Crippen molar-refractivity contribution >= 4 is 5.91 Å². The fourth-order valence-corrected chi connectivity index (χ4v) is 2.19. The summed E-state index contributed by atoms with van der Waals surface area (Å²) in [5.74, 6) is 0.102. The third kappa shape index (κ3) is 6.01. The molecule has 0 aromatic carbocycles. The second-order valence-corrected chi connectivity index (χ2v) is 5.65. The molecule has 1 heterocycles. The number of halogens is 3. The van der Waals surface area contributed by atoms with Crippen molar-refractivity contribution in [3.05, 3.63) is 29.6 Å². The van der Waals surface area contributed by atoms with E-state index < -0.39 is 17.8 Å². The third-order valence-electron chi connectivity index (χ3n) is 3.21. The van der Waals surface area contributed by atoms with Gasteiger partial charge in [0, 0.05) is 19.3 Å². The molecule has 22 heavy (non-hydrogen) atoms. The maximum absolute atomic E-state index is 12.4. The molecule has 0 spiro atoms. The second kappa shape index (κ2) is 8.12. The van der Waals surface area contributed by atoms with Gasteiger partial charge in [0.25, 0.3) is 5.91 Å². The Morgan fingerprint density at radius 1 is 1.36 bits per heavy atom. The summed E-state index contributed by atoms with van der Waals surface area (Å²) in [5, 5.41) is 11.7. The largest absolute Gasteiger partial charge is 0.433 e. The maximum Gasteiger partial charge on any atom is 0.433 e. The summed E-state index contributed by atoms with van der Waals surface area (Å²) < 4.78 is 37.2. The number of carbonyl (C=O) groups excluding carboxylic acids is 1. The number of aliphatic hydroxyl groups is 1. The van der Waals surface area contributed by atoms with Crippen LogP contribution in [0.5, 0.6) is 0 Å². The van der Waals surface area contributed by atoms with Crippen molar-refractivity contribution in [1.29, 1.82) is 0 Å². The molecule has 1 rings (SSSR count). The Morgan fingerprint density at radius 3 is 2.50 bits per heavy atom. The lowest BCUT2D eigenvalue weighted by Gasteiger charge is -2.18. The zero-order valence-electron chi connectivity index (χ0n) is 12.7. The summed E-state index contributed by atoms with van der Waals surface area (Å²) in [6.07, 6.45) is -2.17. The predicted molar refractivity (Wildman–Crippen MR) is 76.2 cm³/mol. The molecule has 0 saturated heterocycles. The van der Waals surface area contributed by atoms with E-state index in [0.29, 0.717) is 18.9 Å². The summed E-state index contributed by atoms with van der Waals surface area (Å²) in [4.78, 5) is 15.2. The van der Waals surface area contributed by atoms with Crippen LogP contribution in [-0.2, 0) is 6.18 Å². The van der Waals surface area contributed by atoms with E-state index in [-0.39, 0.29) is 18.1 Å². The zero-order chi connectivity index (χ0) is 16.8.